The number of pyridine rings is 1. The van der Waals surface area contributed by atoms with Crippen LogP contribution in [0, 0.1) is 5.82 Å². The molecule has 0 aromatic carbocycles. The highest BCUT2D eigenvalue weighted by atomic mass is 19.1. The Morgan fingerprint density at radius 1 is 1.62 bits per heavy atom. The Morgan fingerprint density at radius 3 is 2.85 bits per heavy atom. The first-order chi connectivity index (χ1) is 6.19. The summed E-state index contributed by atoms with van der Waals surface area (Å²) in [5.74, 6) is 0.212. The molecule has 0 radical (unpaired) electrons. The van der Waals surface area contributed by atoms with Gasteiger partial charge in [0.1, 0.15) is 11.6 Å². The molecule has 1 aromatic heterocycles. The Labute approximate surface area is 76.8 Å². The van der Waals surface area contributed by atoms with Gasteiger partial charge in [0.15, 0.2) is 0 Å². The molecule has 0 amide bonds. The molecule has 1 N–H and O–H groups in total. The van der Waals surface area contributed by atoms with Crippen LogP contribution >= 0.6 is 0 Å². The molecule has 0 spiro atoms. The maximum absolute atomic E-state index is 12.7. The normalized spacial score (nSPS) is 10.2. The van der Waals surface area contributed by atoms with Crippen molar-refractivity contribution in [2.75, 3.05) is 18.5 Å². The molecule has 0 atom stereocenters. The molecule has 1 heterocycles. The highest BCUT2D eigenvalue weighted by molar-refractivity contribution is 5.45. The van der Waals surface area contributed by atoms with E-state index in [9.17, 15) is 4.39 Å². The van der Waals surface area contributed by atoms with E-state index in [1.165, 1.54) is 6.07 Å². The first-order valence-corrected chi connectivity index (χ1v) is 4.15. The van der Waals surface area contributed by atoms with Crippen molar-refractivity contribution < 1.29 is 9.50 Å². The van der Waals surface area contributed by atoms with Crippen LogP contribution < -0.4 is 4.90 Å². The van der Waals surface area contributed by atoms with Crippen molar-refractivity contribution in [2.24, 2.45) is 0 Å². The van der Waals surface area contributed by atoms with Crippen LogP contribution in [0.15, 0.2) is 12.3 Å². The van der Waals surface area contributed by atoms with Gasteiger partial charge in [-0.05, 0) is 13.0 Å². The zero-order valence-electron chi connectivity index (χ0n) is 7.79. The fraction of sp³-hybridized carbons (Fsp3) is 0.444. The van der Waals surface area contributed by atoms with Crippen molar-refractivity contribution in [3.8, 4) is 0 Å². The fourth-order valence-corrected chi connectivity index (χ4v) is 1.08. The van der Waals surface area contributed by atoms with Crippen molar-refractivity contribution in [2.45, 2.75) is 13.5 Å². The molecular weight excluding hydrogens is 171 g/mol. The lowest BCUT2D eigenvalue weighted by atomic mass is 10.2. The first kappa shape index (κ1) is 9.92. The average molecular weight is 184 g/mol. The second-order valence-corrected chi connectivity index (χ2v) is 2.81. The molecule has 0 saturated carbocycles. The van der Waals surface area contributed by atoms with E-state index in [0.29, 0.717) is 11.4 Å². The molecule has 4 heteroatoms. The van der Waals surface area contributed by atoms with Gasteiger partial charge in [0.05, 0.1) is 12.8 Å². The summed E-state index contributed by atoms with van der Waals surface area (Å²) < 4.78 is 12.7. The van der Waals surface area contributed by atoms with E-state index in [1.54, 1.807) is 0 Å². The number of rotatable bonds is 3. The number of halogens is 1. The van der Waals surface area contributed by atoms with Gasteiger partial charge in [0.2, 0.25) is 0 Å². The molecule has 3 nitrogen and oxygen atoms in total. The molecule has 1 aromatic rings. The minimum Gasteiger partial charge on any atom is -0.392 e. The van der Waals surface area contributed by atoms with E-state index in [4.69, 9.17) is 5.11 Å². The van der Waals surface area contributed by atoms with Crippen molar-refractivity contribution in [1.82, 2.24) is 4.98 Å². The lowest BCUT2D eigenvalue weighted by Gasteiger charge is -2.18. The third-order valence-electron chi connectivity index (χ3n) is 1.92. The van der Waals surface area contributed by atoms with E-state index in [-0.39, 0.29) is 6.61 Å². The van der Waals surface area contributed by atoms with Crippen LogP contribution in [0.1, 0.15) is 12.5 Å². The Hall–Kier alpha value is -1.16. The topological polar surface area (TPSA) is 36.4 Å². The smallest absolute Gasteiger partial charge is 0.142 e. The summed E-state index contributed by atoms with van der Waals surface area (Å²) in [6.45, 7) is 2.54. The van der Waals surface area contributed by atoms with Crippen LogP contribution in [-0.4, -0.2) is 23.7 Å². The maximum atomic E-state index is 12.7. The predicted octanol–water partition coefficient (Wildman–Crippen LogP) is 1.17. The monoisotopic (exact) mass is 184 g/mol. The summed E-state index contributed by atoms with van der Waals surface area (Å²) in [6, 6.07) is 1.30. The molecule has 0 unspecified atom stereocenters. The van der Waals surface area contributed by atoms with Crippen molar-refractivity contribution >= 4 is 5.82 Å². The zero-order chi connectivity index (χ0) is 9.84. The Bertz CT molecular complexity index is 291. The van der Waals surface area contributed by atoms with Crippen molar-refractivity contribution in [3.63, 3.8) is 0 Å². The van der Waals surface area contributed by atoms with Gasteiger partial charge in [-0.2, -0.15) is 0 Å². The highest BCUT2D eigenvalue weighted by Gasteiger charge is 2.07. The number of aliphatic hydroxyl groups excluding tert-OH is 1. The summed E-state index contributed by atoms with van der Waals surface area (Å²) in [4.78, 5) is 5.76. The van der Waals surface area contributed by atoms with Gasteiger partial charge in [-0.25, -0.2) is 9.37 Å². The SMILES string of the molecule is CCN(C)c1ncc(F)cc1CO. The quantitative estimate of drug-likeness (QED) is 0.766. The lowest BCUT2D eigenvalue weighted by molar-refractivity contribution is 0.281. The summed E-state index contributed by atoms with van der Waals surface area (Å²) in [6.07, 6.45) is 1.15. The summed E-state index contributed by atoms with van der Waals surface area (Å²) in [5, 5.41) is 8.95. The minimum atomic E-state index is -0.419. The Balaban J connectivity index is 3.05. The van der Waals surface area contributed by atoms with Crippen LogP contribution in [-0.2, 0) is 6.61 Å². The molecule has 13 heavy (non-hydrogen) atoms. The van der Waals surface area contributed by atoms with Crippen LogP contribution in [0.25, 0.3) is 0 Å². The predicted molar refractivity (Wildman–Crippen MR) is 49.1 cm³/mol. The van der Waals surface area contributed by atoms with E-state index < -0.39 is 5.82 Å². The first-order valence-electron chi connectivity index (χ1n) is 4.15. The number of aromatic nitrogens is 1. The van der Waals surface area contributed by atoms with Crippen LogP contribution in [0.5, 0.6) is 0 Å². The Kier molecular flexibility index (Phi) is 3.19. The molecule has 0 bridgehead atoms. The molecular formula is C9H13FN2O. The van der Waals surface area contributed by atoms with Crippen molar-refractivity contribution in [1.29, 1.82) is 0 Å². The van der Waals surface area contributed by atoms with Crippen LogP contribution in [0.3, 0.4) is 0 Å². The second kappa shape index (κ2) is 4.18. The van der Waals surface area contributed by atoms with Gasteiger partial charge in [0, 0.05) is 19.2 Å². The zero-order valence-corrected chi connectivity index (χ0v) is 7.79. The van der Waals surface area contributed by atoms with E-state index in [0.717, 1.165) is 12.7 Å². The third kappa shape index (κ3) is 2.15. The van der Waals surface area contributed by atoms with Crippen LogP contribution in [0.2, 0.25) is 0 Å². The highest BCUT2D eigenvalue weighted by Crippen LogP contribution is 2.16. The van der Waals surface area contributed by atoms with Crippen molar-refractivity contribution in [3.05, 3.63) is 23.6 Å². The summed E-state index contributed by atoms with van der Waals surface area (Å²) in [5.41, 5.74) is 0.518. The lowest BCUT2D eigenvalue weighted by Crippen LogP contribution is -2.19. The van der Waals surface area contributed by atoms with Gasteiger partial charge < -0.3 is 10.0 Å². The average Bonchev–Trinajstić information content (AvgIpc) is 2.16. The Morgan fingerprint density at radius 2 is 2.31 bits per heavy atom. The molecule has 0 aliphatic carbocycles. The van der Waals surface area contributed by atoms with E-state index in [1.807, 2.05) is 18.9 Å². The number of nitrogens with zero attached hydrogens (tertiary/aromatic N) is 2. The molecule has 0 aliphatic heterocycles. The van der Waals surface area contributed by atoms with Gasteiger partial charge >= 0.3 is 0 Å². The van der Waals surface area contributed by atoms with Gasteiger partial charge in [-0.1, -0.05) is 0 Å². The summed E-state index contributed by atoms with van der Waals surface area (Å²) >= 11 is 0. The molecule has 0 saturated heterocycles. The number of hydrogen-bond donors (Lipinski definition) is 1. The third-order valence-corrected chi connectivity index (χ3v) is 1.92. The fourth-order valence-electron chi connectivity index (χ4n) is 1.08. The van der Waals surface area contributed by atoms with Gasteiger partial charge in [0.25, 0.3) is 0 Å². The maximum Gasteiger partial charge on any atom is 0.142 e. The minimum absolute atomic E-state index is 0.190. The van der Waals surface area contributed by atoms with Crippen LogP contribution in [0.4, 0.5) is 10.2 Å². The van der Waals surface area contributed by atoms with Gasteiger partial charge in [-0.15, -0.1) is 0 Å². The number of hydrogen-bond acceptors (Lipinski definition) is 3. The van der Waals surface area contributed by atoms with Gasteiger partial charge in [-0.3, -0.25) is 0 Å². The molecule has 0 aliphatic rings. The summed E-state index contributed by atoms with van der Waals surface area (Å²) in [7, 11) is 1.85. The number of aliphatic hydroxyl groups is 1. The standard InChI is InChI=1S/C9H13FN2O/c1-3-12(2)9-7(6-13)4-8(10)5-11-9/h4-5,13H,3,6H2,1-2H3. The number of anilines is 1. The largest absolute Gasteiger partial charge is 0.392 e. The van der Waals surface area contributed by atoms with E-state index >= 15 is 0 Å². The molecule has 0 fully saturated rings. The molecule has 72 valence electrons. The van der Waals surface area contributed by atoms with E-state index in [2.05, 4.69) is 4.98 Å². The second-order valence-electron chi connectivity index (χ2n) is 2.81. The molecule has 1 rings (SSSR count).